The van der Waals surface area contributed by atoms with E-state index in [1.807, 2.05) is 0 Å². The first-order valence-corrected chi connectivity index (χ1v) is 5.03. The van der Waals surface area contributed by atoms with Gasteiger partial charge in [0.15, 0.2) is 0 Å². The van der Waals surface area contributed by atoms with E-state index in [-0.39, 0.29) is 0 Å². The molecule has 0 N–H and O–H groups in total. The van der Waals surface area contributed by atoms with Gasteiger partial charge in [0.25, 0.3) is 0 Å². The summed E-state index contributed by atoms with van der Waals surface area (Å²) in [5.41, 5.74) is 2.69. The molecule has 0 aromatic carbocycles. The van der Waals surface area contributed by atoms with Gasteiger partial charge >= 0.3 is 0 Å². The quantitative estimate of drug-likeness (QED) is 0.630. The van der Waals surface area contributed by atoms with E-state index in [9.17, 15) is 0 Å². The first kappa shape index (κ1) is 8.58. The molecule has 0 fully saturated rings. The zero-order valence-electron chi connectivity index (χ0n) is 7.00. The van der Waals surface area contributed by atoms with Crippen LogP contribution >= 0.6 is 7.76 Å². The van der Waals surface area contributed by atoms with Crippen LogP contribution in [0.2, 0.25) is 0 Å². The Hall–Kier alpha value is -0.520. The lowest BCUT2D eigenvalue weighted by molar-refractivity contribution is 0.491. The molecular weight excluding hydrogens is 155 g/mol. The molecule has 11 heavy (non-hydrogen) atoms. The number of aryl methyl sites for hydroxylation is 2. The lowest BCUT2D eigenvalue weighted by atomic mass is 10.2. The largest absolute Gasteiger partial charge is 0.328 e. The van der Waals surface area contributed by atoms with Gasteiger partial charge in [-0.05, 0) is 36.6 Å². The minimum absolute atomic E-state index is 0.425. The van der Waals surface area contributed by atoms with Crippen molar-refractivity contribution >= 4 is 7.76 Å². The molecule has 0 bridgehead atoms. The molecule has 60 valence electrons. The monoisotopic (exact) mass is 168 g/mol. The van der Waals surface area contributed by atoms with E-state index in [0.29, 0.717) is 6.61 Å². The molecule has 1 rings (SSSR count). The Kier molecular flexibility index (Phi) is 2.92. The normalized spacial score (nSPS) is 10.0. The van der Waals surface area contributed by atoms with Crippen molar-refractivity contribution in [3.63, 3.8) is 0 Å². The molecule has 0 aliphatic carbocycles. The highest BCUT2D eigenvalue weighted by Crippen LogP contribution is 2.29. The van der Waals surface area contributed by atoms with Gasteiger partial charge in [-0.2, -0.15) is 0 Å². The first-order valence-electron chi connectivity index (χ1n) is 3.63. The Labute approximate surface area is 68.8 Å². The summed E-state index contributed by atoms with van der Waals surface area (Å²) in [5.74, 6) is 4.38. The molecule has 0 aliphatic rings. The second-order valence-electron chi connectivity index (χ2n) is 2.57. The first-order chi connectivity index (χ1) is 5.24. The van der Waals surface area contributed by atoms with Crippen molar-refractivity contribution in [2.24, 2.45) is 0 Å². The van der Waals surface area contributed by atoms with Crippen molar-refractivity contribution in [3.05, 3.63) is 35.4 Å². The summed E-state index contributed by atoms with van der Waals surface area (Å²) in [7, 11) is -0.425. The lowest BCUT2D eigenvalue weighted by Gasteiger charge is -1.94. The standard InChI is InChI=1S/C9H13OP/c1-4-5-10-11-6-8(2)9(3)7-11/h4,6-7H,1,5H2,2-3H3. The van der Waals surface area contributed by atoms with Crippen LogP contribution in [0.4, 0.5) is 0 Å². The maximum atomic E-state index is 5.49. The van der Waals surface area contributed by atoms with E-state index < -0.39 is 7.76 Å². The van der Waals surface area contributed by atoms with Crippen LogP contribution in [-0.2, 0) is 0 Å². The van der Waals surface area contributed by atoms with Crippen LogP contribution < -0.4 is 4.52 Å². The van der Waals surface area contributed by atoms with Gasteiger partial charge in [0.2, 0.25) is 0 Å². The van der Waals surface area contributed by atoms with Crippen molar-refractivity contribution in [1.82, 2.24) is 0 Å². The highest BCUT2D eigenvalue weighted by atomic mass is 31.1. The van der Waals surface area contributed by atoms with Crippen molar-refractivity contribution in [2.75, 3.05) is 6.61 Å². The molecule has 0 saturated carbocycles. The molecule has 0 unspecified atom stereocenters. The molecular formula is C9H13OP. The van der Waals surface area contributed by atoms with Crippen molar-refractivity contribution in [2.45, 2.75) is 13.8 Å². The zero-order chi connectivity index (χ0) is 8.27. The van der Waals surface area contributed by atoms with Gasteiger partial charge in [-0.3, -0.25) is 0 Å². The van der Waals surface area contributed by atoms with Crippen molar-refractivity contribution in [3.8, 4) is 0 Å². The summed E-state index contributed by atoms with van der Waals surface area (Å²) in [5, 5.41) is 0. The van der Waals surface area contributed by atoms with Gasteiger partial charge < -0.3 is 4.52 Å². The summed E-state index contributed by atoms with van der Waals surface area (Å²) in [6.07, 6.45) is 1.78. The third kappa shape index (κ3) is 2.21. The van der Waals surface area contributed by atoms with Crippen LogP contribution in [-0.4, -0.2) is 6.61 Å². The van der Waals surface area contributed by atoms with Crippen molar-refractivity contribution < 1.29 is 4.52 Å². The topological polar surface area (TPSA) is 9.23 Å². The number of hydrogen-bond donors (Lipinski definition) is 0. The summed E-state index contributed by atoms with van der Waals surface area (Å²) in [4.78, 5) is 0. The van der Waals surface area contributed by atoms with Gasteiger partial charge in [0.05, 0.1) is 6.61 Å². The number of rotatable bonds is 3. The predicted molar refractivity (Wildman–Crippen MR) is 50.3 cm³/mol. The average Bonchev–Trinajstić information content (AvgIpc) is 2.28. The summed E-state index contributed by atoms with van der Waals surface area (Å²) >= 11 is 0. The van der Waals surface area contributed by atoms with Crippen molar-refractivity contribution in [1.29, 1.82) is 0 Å². The van der Waals surface area contributed by atoms with E-state index in [1.54, 1.807) is 6.08 Å². The summed E-state index contributed by atoms with van der Waals surface area (Å²) < 4.78 is 5.49. The van der Waals surface area contributed by atoms with Gasteiger partial charge in [-0.1, -0.05) is 6.08 Å². The minimum atomic E-state index is -0.425. The molecule has 0 atom stereocenters. The van der Waals surface area contributed by atoms with E-state index in [0.717, 1.165) is 0 Å². The highest BCUT2D eigenvalue weighted by Gasteiger charge is 1.97. The SMILES string of the molecule is C=CCOp1cc(C)c(C)c1. The van der Waals surface area contributed by atoms with E-state index in [2.05, 4.69) is 32.0 Å². The third-order valence-corrected chi connectivity index (χ3v) is 3.34. The minimum Gasteiger partial charge on any atom is -0.328 e. The summed E-state index contributed by atoms with van der Waals surface area (Å²) in [6, 6.07) is 0. The Morgan fingerprint density at radius 3 is 2.45 bits per heavy atom. The van der Waals surface area contributed by atoms with Crippen LogP contribution in [0.5, 0.6) is 0 Å². The second kappa shape index (κ2) is 3.75. The Bertz CT molecular complexity index is 231. The van der Waals surface area contributed by atoms with E-state index >= 15 is 0 Å². The van der Waals surface area contributed by atoms with Gasteiger partial charge in [0, 0.05) is 7.76 Å². The Balaban J connectivity index is 2.64. The molecule has 1 aromatic rings. The molecule has 1 nitrogen and oxygen atoms in total. The van der Waals surface area contributed by atoms with Crippen LogP contribution in [0.15, 0.2) is 24.3 Å². The number of hydrogen-bond acceptors (Lipinski definition) is 1. The maximum absolute atomic E-state index is 5.49. The van der Waals surface area contributed by atoms with Crippen LogP contribution in [0.25, 0.3) is 0 Å². The third-order valence-electron chi connectivity index (χ3n) is 1.61. The molecule has 0 saturated heterocycles. The molecule has 1 heterocycles. The highest BCUT2D eigenvalue weighted by molar-refractivity contribution is 7.43. The second-order valence-corrected chi connectivity index (χ2v) is 4.06. The molecule has 2 heteroatoms. The fraction of sp³-hybridized carbons (Fsp3) is 0.333. The zero-order valence-corrected chi connectivity index (χ0v) is 7.90. The smallest absolute Gasteiger partial charge is 0.0748 e. The maximum Gasteiger partial charge on any atom is 0.0748 e. The van der Waals surface area contributed by atoms with E-state index in [4.69, 9.17) is 4.52 Å². The molecule has 1 aromatic heterocycles. The average molecular weight is 168 g/mol. The van der Waals surface area contributed by atoms with Crippen LogP contribution in [0.1, 0.15) is 11.1 Å². The fourth-order valence-corrected chi connectivity index (χ4v) is 2.51. The molecule has 0 radical (unpaired) electrons. The van der Waals surface area contributed by atoms with Gasteiger partial charge in [-0.25, -0.2) is 0 Å². The predicted octanol–water partition coefficient (Wildman–Crippen LogP) is 2.90. The van der Waals surface area contributed by atoms with E-state index in [1.165, 1.54) is 11.1 Å². The van der Waals surface area contributed by atoms with Crippen LogP contribution in [0.3, 0.4) is 0 Å². The summed E-state index contributed by atoms with van der Waals surface area (Å²) in [6.45, 7) is 8.49. The molecule has 0 spiro atoms. The van der Waals surface area contributed by atoms with Gasteiger partial charge in [0.1, 0.15) is 0 Å². The molecule has 0 aliphatic heterocycles. The fourth-order valence-electron chi connectivity index (χ4n) is 0.836. The Morgan fingerprint density at radius 2 is 2.00 bits per heavy atom. The van der Waals surface area contributed by atoms with Gasteiger partial charge in [-0.15, -0.1) is 6.58 Å². The lowest BCUT2D eigenvalue weighted by Crippen LogP contribution is -1.85. The molecule has 0 amide bonds. The van der Waals surface area contributed by atoms with Crippen LogP contribution in [0, 0.1) is 13.8 Å². The Morgan fingerprint density at radius 1 is 1.45 bits per heavy atom.